The predicted molar refractivity (Wildman–Crippen MR) is 78.6 cm³/mol. The summed E-state index contributed by atoms with van der Waals surface area (Å²) in [5.41, 5.74) is 8.51. The second-order valence-electron chi connectivity index (χ2n) is 4.50. The molecule has 0 aliphatic heterocycles. The van der Waals surface area contributed by atoms with Crippen LogP contribution in [0.2, 0.25) is 0 Å². The second-order valence-corrected chi connectivity index (χ2v) is 4.50. The predicted octanol–water partition coefficient (Wildman–Crippen LogP) is 2.22. The minimum absolute atomic E-state index is 0.234. The van der Waals surface area contributed by atoms with Gasteiger partial charge in [0.15, 0.2) is 0 Å². The quantitative estimate of drug-likeness (QED) is 0.681. The lowest BCUT2D eigenvalue weighted by atomic mass is 10.3. The van der Waals surface area contributed by atoms with Gasteiger partial charge in [0.05, 0.1) is 16.7 Å². The highest BCUT2D eigenvalue weighted by Gasteiger charge is 2.14. The summed E-state index contributed by atoms with van der Waals surface area (Å²) < 4.78 is 1.80. The zero-order valence-electron chi connectivity index (χ0n) is 11.1. The van der Waals surface area contributed by atoms with Crippen LogP contribution in [0.4, 0.5) is 11.6 Å². The van der Waals surface area contributed by atoms with Gasteiger partial charge in [0.25, 0.3) is 5.91 Å². The van der Waals surface area contributed by atoms with Crippen molar-refractivity contribution in [2.24, 2.45) is 0 Å². The van der Waals surface area contributed by atoms with Crippen LogP contribution in [0.1, 0.15) is 17.4 Å². The second kappa shape index (κ2) is 4.73. The third kappa shape index (κ3) is 2.11. The standard InChI is InChI=1S/C14H15N5O/c1-2-19-8-9(15)7-12(19)13(20)18-14-16-10-5-3-4-6-11(10)17-14/h3-8H,2,15H2,1H3,(H2,16,17,18,20). The molecule has 1 amide bonds. The number of nitrogens with zero attached hydrogens (tertiary/aromatic N) is 2. The molecule has 0 radical (unpaired) electrons. The lowest BCUT2D eigenvalue weighted by Crippen LogP contribution is -2.17. The number of aryl methyl sites for hydroxylation is 1. The normalized spacial score (nSPS) is 10.8. The Bertz CT molecular complexity index is 738. The lowest BCUT2D eigenvalue weighted by Gasteiger charge is -2.05. The summed E-state index contributed by atoms with van der Waals surface area (Å²) in [6.07, 6.45) is 1.74. The highest BCUT2D eigenvalue weighted by molar-refractivity contribution is 6.03. The van der Waals surface area contributed by atoms with E-state index in [0.717, 1.165) is 11.0 Å². The van der Waals surface area contributed by atoms with E-state index in [1.165, 1.54) is 0 Å². The number of para-hydroxylation sites is 2. The third-order valence-electron chi connectivity index (χ3n) is 3.11. The van der Waals surface area contributed by atoms with Crippen molar-refractivity contribution in [1.82, 2.24) is 14.5 Å². The number of aromatic amines is 1. The fourth-order valence-corrected chi connectivity index (χ4v) is 2.17. The number of nitrogens with two attached hydrogens (primary N) is 1. The summed E-state index contributed by atoms with van der Waals surface area (Å²) in [6.45, 7) is 2.64. The topological polar surface area (TPSA) is 88.7 Å². The summed E-state index contributed by atoms with van der Waals surface area (Å²) in [5.74, 6) is 0.196. The van der Waals surface area contributed by atoms with Crippen LogP contribution in [0.3, 0.4) is 0 Å². The molecule has 102 valence electrons. The van der Waals surface area contributed by atoms with Crippen LogP contribution in [0.15, 0.2) is 36.5 Å². The number of fused-ring (bicyclic) bond motifs is 1. The van der Waals surface area contributed by atoms with Gasteiger partial charge in [-0.2, -0.15) is 0 Å². The van der Waals surface area contributed by atoms with Crippen LogP contribution in [0.5, 0.6) is 0 Å². The van der Waals surface area contributed by atoms with Crippen LogP contribution in [-0.4, -0.2) is 20.4 Å². The first-order chi connectivity index (χ1) is 9.67. The SMILES string of the molecule is CCn1cc(N)cc1C(=O)Nc1nc2ccccc2[nH]1. The maximum absolute atomic E-state index is 12.2. The fraction of sp³-hybridized carbons (Fsp3) is 0.143. The molecule has 6 nitrogen and oxygen atoms in total. The van der Waals surface area contributed by atoms with E-state index in [4.69, 9.17) is 5.73 Å². The summed E-state index contributed by atoms with van der Waals surface area (Å²) >= 11 is 0. The number of hydrogen-bond acceptors (Lipinski definition) is 3. The Morgan fingerprint density at radius 2 is 2.25 bits per heavy atom. The highest BCUT2D eigenvalue weighted by atomic mass is 16.2. The molecule has 0 spiro atoms. The van der Waals surface area contributed by atoms with E-state index < -0.39 is 0 Å². The van der Waals surface area contributed by atoms with Gasteiger partial charge in [0.1, 0.15) is 5.69 Å². The number of amides is 1. The number of H-pyrrole nitrogens is 1. The molecule has 0 atom stereocenters. The van der Waals surface area contributed by atoms with E-state index in [2.05, 4.69) is 15.3 Å². The molecular formula is C14H15N5O. The molecule has 2 heterocycles. The number of rotatable bonds is 3. The van der Waals surface area contributed by atoms with E-state index in [1.807, 2.05) is 31.2 Å². The minimum Gasteiger partial charge on any atom is -0.397 e. The van der Waals surface area contributed by atoms with Gasteiger partial charge >= 0.3 is 0 Å². The van der Waals surface area contributed by atoms with Crippen LogP contribution in [0, 0.1) is 0 Å². The molecule has 6 heteroatoms. The minimum atomic E-state index is -0.234. The third-order valence-corrected chi connectivity index (χ3v) is 3.11. The van der Waals surface area contributed by atoms with Crippen molar-refractivity contribution in [2.45, 2.75) is 13.5 Å². The van der Waals surface area contributed by atoms with Crippen molar-refractivity contribution in [3.05, 3.63) is 42.2 Å². The van der Waals surface area contributed by atoms with Gasteiger partial charge < -0.3 is 15.3 Å². The van der Waals surface area contributed by atoms with Gasteiger partial charge in [-0.05, 0) is 25.1 Å². The number of imidazole rings is 1. The summed E-state index contributed by atoms with van der Waals surface area (Å²) in [5, 5.41) is 2.75. The van der Waals surface area contributed by atoms with Crippen molar-refractivity contribution in [3.63, 3.8) is 0 Å². The number of carbonyl (C=O) groups excluding carboxylic acids is 1. The summed E-state index contributed by atoms with van der Waals surface area (Å²) in [6, 6.07) is 9.26. The summed E-state index contributed by atoms with van der Waals surface area (Å²) in [7, 11) is 0. The molecule has 0 fully saturated rings. The molecule has 0 unspecified atom stereocenters. The maximum atomic E-state index is 12.2. The van der Waals surface area contributed by atoms with Crippen molar-refractivity contribution < 1.29 is 4.79 Å². The van der Waals surface area contributed by atoms with E-state index in [9.17, 15) is 4.79 Å². The Labute approximate surface area is 115 Å². The molecule has 0 aliphatic rings. The Morgan fingerprint density at radius 3 is 3.00 bits per heavy atom. The van der Waals surface area contributed by atoms with Gasteiger partial charge in [-0.3, -0.25) is 10.1 Å². The monoisotopic (exact) mass is 269 g/mol. The smallest absolute Gasteiger partial charge is 0.274 e. The molecule has 1 aromatic carbocycles. The molecule has 3 aromatic rings. The van der Waals surface area contributed by atoms with E-state index in [0.29, 0.717) is 23.9 Å². The molecule has 3 rings (SSSR count). The Morgan fingerprint density at radius 1 is 1.45 bits per heavy atom. The number of carbonyl (C=O) groups is 1. The number of nitrogen functional groups attached to an aromatic ring is 1. The molecule has 0 saturated carbocycles. The van der Waals surface area contributed by atoms with Crippen molar-refractivity contribution in [2.75, 3.05) is 11.1 Å². The largest absolute Gasteiger partial charge is 0.397 e. The van der Waals surface area contributed by atoms with Crippen LogP contribution < -0.4 is 11.1 Å². The zero-order chi connectivity index (χ0) is 14.1. The van der Waals surface area contributed by atoms with Crippen LogP contribution >= 0.6 is 0 Å². The van der Waals surface area contributed by atoms with Crippen LogP contribution in [-0.2, 0) is 6.54 Å². The first kappa shape index (κ1) is 12.3. The van der Waals surface area contributed by atoms with Gasteiger partial charge in [0.2, 0.25) is 5.95 Å². The first-order valence-electron chi connectivity index (χ1n) is 6.39. The van der Waals surface area contributed by atoms with Gasteiger partial charge in [0, 0.05) is 12.7 Å². The lowest BCUT2D eigenvalue weighted by molar-refractivity contribution is 0.101. The Balaban J connectivity index is 1.88. The summed E-state index contributed by atoms with van der Waals surface area (Å²) in [4.78, 5) is 19.6. The van der Waals surface area contributed by atoms with E-state index in [1.54, 1.807) is 16.8 Å². The van der Waals surface area contributed by atoms with Crippen LogP contribution in [0.25, 0.3) is 11.0 Å². The van der Waals surface area contributed by atoms with E-state index in [-0.39, 0.29) is 5.91 Å². The Kier molecular flexibility index (Phi) is 2.90. The van der Waals surface area contributed by atoms with Crippen molar-refractivity contribution in [1.29, 1.82) is 0 Å². The van der Waals surface area contributed by atoms with Gasteiger partial charge in [-0.1, -0.05) is 12.1 Å². The maximum Gasteiger partial charge on any atom is 0.274 e. The highest BCUT2D eigenvalue weighted by Crippen LogP contribution is 2.16. The number of aromatic nitrogens is 3. The molecule has 20 heavy (non-hydrogen) atoms. The molecule has 4 N–H and O–H groups in total. The average Bonchev–Trinajstić information content (AvgIpc) is 3.00. The van der Waals surface area contributed by atoms with Crippen molar-refractivity contribution in [3.8, 4) is 0 Å². The average molecular weight is 269 g/mol. The molecule has 0 saturated heterocycles. The fourth-order valence-electron chi connectivity index (χ4n) is 2.17. The number of benzene rings is 1. The number of nitrogens with one attached hydrogen (secondary N) is 2. The number of hydrogen-bond donors (Lipinski definition) is 3. The first-order valence-corrected chi connectivity index (χ1v) is 6.39. The van der Waals surface area contributed by atoms with Gasteiger partial charge in [-0.15, -0.1) is 0 Å². The van der Waals surface area contributed by atoms with Gasteiger partial charge in [-0.25, -0.2) is 4.98 Å². The van der Waals surface area contributed by atoms with E-state index >= 15 is 0 Å². The molecule has 0 aliphatic carbocycles. The zero-order valence-corrected chi connectivity index (χ0v) is 11.1. The van der Waals surface area contributed by atoms with Crippen molar-refractivity contribution >= 4 is 28.6 Å². The molecule has 2 aromatic heterocycles. The molecular weight excluding hydrogens is 254 g/mol. The molecule has 0 bridgehead atoms. The Hall–Kier alpha value is -2.76. The number of anilines is 2.